The summed E-state index contributed by atoms with van der Waals surface area (Å²) in [6.45, 7) is 9.08. The average molecular weight is 269 g/mol. The van der Waals surface area contributed by atoms with E-state index in [2.05, 4.69) is 5.32 Å². The van der Waals surface area contributed by atoms with Crippen molar-refractivity contribution in [2.75, 3.05) is 0 Å². The number of hydrogen-bond acceptors (Lipinski definition) is 4. The van der Waals surface area contributed by atoms with Gasteiger partial charge in [-0.1, -0.05) is 13.8 Å². The number of ether oxygens (including phenoxy) is 1. The molecule has 0 unspecified atom stereocenters. The van der Waals surface area contributed by atoms with Crippen LogP contribution in [0.25, 0.3) is 0 Å². The minimum absolute atomic E-state index is 0.0110. The molecule has 19 heavy (non-hydrogen) atoms. The molecule has 1 saturated heterocycles. The van der Waals surface area contributed by atoms with Gasteiger partial charge in [0.05, 0.1) is 18.4 Å². The number of rotatable bonds is 3. The van der Waals surface area contributed by atoms with Crippen molar-refractivity contribution in [1.82, 2.24) is 5.32 Å². The van der Waals surface area contributed by atoms with Gasteiger partial charge in [0.15, 0.2) is 5.78 Å². The van der Waals surface area contributed by atoms with Gasteiger partial charge in [-0.2, -0.15) is 0 Å². The number of amides is 1. The van der Waals surface area contributed by atoms with Crippen molar-refractivity contribution in [1.29, 1.82) is 0 Å². The van der Waals surface area contributed by atoms with Crippen LogP contribution in [0.3, 0.4) is 0 Å². The highest BCUT2D eigenvalue weighted by atomic mass is 16.6. The molecule has 5 nitrogen and oxygen atoms in total. The smallest absolute Gasteiger partial charge is 0.307 e. The monoisotopic (exact) mass is 269 g/mol. The van der Waals surface area contributed by atoms with Gasteiger partial charge >= 0.3 is 5.97 Å². The van der Waals surface area contributed by atoms with Crippen LogP contribution in [-0.4, -0.2) is 29.3 Å². The molecule has 0 radical (unpaired) electrons. The second-order valence-corrected chi connectivity index (χ2v) is 6.39. The van der Waals surface area contributed by atoms with Crippen molar-refractivity contribution in [3.63, 3.8) is 0 Å². The summed E-state index contributed by atoms with van der Waals surface area (Å²) in [4.78, 5) is 35.5. The van der Waals surface area contributed by atoms with E-state index >= 15 is 0 Å². The third-order valence-electron chi connectivity index (χ3n) is 2.96. The lowest BCUT2D eigenvalue weighted by Crippen LogP contribution is -2.52. The summed E-state index contributed by atoms with van der Waals surface area (Å²) in [5, 5.41) is 2.69. The van der Waals surface area contributed by atoms with E-state index in [1.807, 2.05) is 13.8 Å². The molecular weight excluding hydrogens is 246 g/mol. The molecule has 1 fully saturated rings. The summed E-state index contributed by atoms with van der Waals surface area (Å²) in [6.07, 6.45) is 0.0770. The molecule has 0 spiro atoms. The average Bonchev–Trinajstić information content (AvgIpc) is 2.19. The van der Waals surface area contributed by atoms with E-state index in [0.29, 0.717) is 0 Å². The maximum absolute atomic E-state index is 11.9. The summed E-state index contributed by atoms with van der Waals surface area (Å²) in [5.41, 5.74) is -0.577. The van der Waals surface area contributed by atoms with Crippen LogP contribution in [0.15, 0.2) is 0 Å². The largest absolute Gasteiger partial charge is 0.460 e. The summed E-state index contributed by atoms with van der Waals surface area (Å²) >= 11 is 0. The zero-order valence-corrected chi connectivity index (χ0v) is 12.3. The molecule has 1 N–H and O–H groups in total. The fraction of sp³-hybridized carbons (Fsp3) is 0.786. The standard InChI is InChI=1S/C14H23NO4/c1-8(2)12-10(16)6-9(13(18)15-12)7-11(17)19-14(3,4)5/h8-9,12H,6-7H2,1-5H3,(H,15,18)/t9-,12-/m0/s1. The number of nitrogens with one attached hydrogen (secondary N) is 1. The van der Waals surface area contributed by atoms with Crippen LogP contribution in [0.2, 0.25) is 0 Å². The Morgan fingerprint density at radius 1 is 1.37 bits per heavy atom. The summed E-state index contributed by atoms with van der Waals surface area (Å²) in [5.74, 6) is -1.22. The lowest BCUT2D eigenvalue weighted by atomic mass is 9.86. The van der Waals surface area contributed by atoms with Gasteiger partial charge in [0.25, 0.3) is 0 Å². The van der Waals surface area contributed by atoms with Crippen LogP contribution >= 0.6 is 0 Å². The Labute approximate surface area is 114 Å². The minimum atomic E-state index is -0.600. The molecule has 2 atom stereocenters. The second kappa shape index (κ2) is 5.72. The van der Waals surface area contributed by atoms with Crippen molar-refractivity contribution in [3.05, 3.63) is 0 Å². The third-order valence-corrected chi connectivity index (χ3v) is 2.96. The van der Waals surface area contributed by atoms with Crippen LogP contribution in [0.4, 0.5) is 0 Å². The van der Waals surface area contributed by atoms with Gasteiger partial charge in [-0.25, -0.2) is 0 Å². The first kappa shape index (κ1) is 15.7. The molecule has 0 aromatic rings. The molecule has 0 saturated carbocycles. The number of piperidine rings is 1. The number of ketones is 1. The van der Waals surface area contributed by atoms with E-state index in [-0.39, 0.29) is 30.4 Å². The molecule has 0 aliphatic carbocycles. The van der Waals surface area contributed by atoms with E-state index in [9.17, 15) is 14.4 Å². The van der Waals surface area contributed by atoms with Crippen LogP contribution in [0.5, 0.6) is 0 Å². The Kier molecular flexibility index (Phi) is 4.71. The molecule has 0 bridgehead atoms. The molecule has 5 heteroatoms. The SMILES string of the molecule is CC(C)[C@@H]1NC(=O)[C@H](CC(=O)OC(C)(C)C)CC1=O. The van der Waals surface area contributed by atoms with Crippen molar-refractivity contribution in [3.8, 4) is 0 Å². The van der Waals surface area contributed by atoms with E-state index in [1.165, 1.54) is 0 Å². The Hall–Kier alpha value is -1.39. The van der Waals surface area contributed by atoms with Crippen molar-refractivity contribution in [2.45, 2.75) is 59.1 Å². The third kappa shape index (κ3) is 4.65. The molecule has 0 aromatic carbocycles. The van der Waals surface area contributed by atoms with Gasteiger partial charge in [0.2, 0.25) is 5.91 Å². The summed E-state index contributed by atoms with van der Waals surface area (Å²) in [6, 6.07) is -0.428. The Morgan fingerprint density at radius 3 is 2.42 bits per heavy atom. The maximum Gasteiger partial charge on any atom is 0.307 e. The minimum Gasteiger partial charge on any atom is -0.460 e. The Morgan fingerprint density at radius 2 is 1.95 bits per heavy atom. The van der Waals surface area contributed by atoms with Crippen LogP contribution in [-0.2, 0) is 19.1 Å². The Balaban J connectivity index is 2.60. The van der Waals surface area contributed by atoms with Gasteiger partial charge in [-0.05, 0) is 26.7 Å². The zero-order chi connectivity index (χ0) is 14.8. The molecule has 1 aliphatic rings. The maximum atomic E-state index is 11.9. The van der Waals surface area contributed by atoms with Gasteiger partial charge < -0.3 is 10.1 Å². The summed E-state index contributed by atoms with van der Waals surface area (Å²) < 4.78 is 5.17. The molecule has 1 heterocycles. The van der Waals surface area contributed by atoms with Crippen LogP contribution < -0.4 is 5.32 Å². The van der Waals surface area contributed by atoms with Crippen LogP contribution in [0, 0.1) is 11.8 Å². The van der Waals surface area contributed by atoms with E-state index in [4.69, 9.17) is 4.74 Å². The molecule has 1 rings (SSSR count). The highest BCUT2D eigenvalue weighted by Gasteiger charge is 2.37. The quantitative estimate of drug-likeness (QED) is 0.787. The van der Waals surface area contributed by atoms with E-state index in [1.54, 1.807) is 20.8 Å². The van der Waals surface area contributed by atoms with Gasteiger partial charge in [0.1, 0.15) is 5.60 Å². The first-order valence-electron chi connectivity index (χ1n) is 6.65. The first-order chi connectivity index (χ1) is 8.60. The van der Waals surface area contributed by atoms with E-state index < -0.39 is 23.5 Å². The normalized spacial score (nSPS) is 24.3. The number of hydrogen-bond donors (Lipinski definition) is 1. The second-order valence-electron chi connectivity index (χ2n) is 6.39. The summed E-state index contributed by atoms with van der Waals surface area (Å²) in [7, 11) is 0. The van der Waals surface area contributed by atoms with E-state index in [0.717, 1.165) is 0 Å². The number of carbonyl (C=O) groups is 3. The van der Waals surface area contributed by atoms with Crippen molar-refractivity contribution >= 4 is 17.7 Å². The fourth-order valence-electron chi connectivity index (χ4n) is 2.10. The van der Waals surface area contributed by atoms with Crippen LogP contribution in [0.1, 0.15) is 47.5 Å². The van der Waals surface area contributed by atoms with Crippen molar-refractivity contribution in [2.24, 2.45) is 11.8 Å². The Bertz CT molecular complexity index is 381. The fourth-order valence-corrected chi connectivity index (χ4v) is 2.10. The topological polar surface area (TPSA) is 72.5 Å². The van der Waals surface area contributed by atoms with Gasteiger partial charge in [-0.15, -0.1) is 0 Å². The number of carbonyl (C=O) groups excluding carboxylic acids is 3. The predicted molar refractivity (Wildman–Crippen MR) is 70.3 cm³/mol. The van der Waals surface area contributed by atoms with Gasteiger partial charge in [-0.3, -0.25) is 14.4 Å². The lowest BCUT2D eigenvalue weighted by molar-refractivity contribution is -0.158. The highest BCUT2D eigenvalue weighted by molar-refractivity contribution is 5.98. The number of esters is 1. The first-order valence-corrected chi connectivity index (χ1v) is 6.65. The highest BCUT2D eigenvalue weighted by Crippen LogP contribution is 2.21. The molecule has 1 amide bonds. The van der Waals surface area contributed by atoms with Crippen molar-refractivity contribution < 1.29 is 19.1 Å². The molecular formula is C14H23NO4. The lowest BCUT2D eigenvalue weighted by Gasteiger charge is -2.30. The molecule has 0 aromatic heterocycles. The predicted octanol–water partition coefficient (Wildman–Crippen LogP) is 1.45. The number of Topliss-reactive ketones (excluding diaryl/α,β-unsaturated/α-hetero) is 1. The molecule has 1 aliphatic heterocycles. The van der Waals surface area contributed by atoms with Gasteiger partial charge in [0, 0.05) is 6.42 Å². The zero-order valence-electron chi connectivity index (χ0n) is 12.3. The molecule has 108 valence electrons.